The molecule has 0 bridgehead atoms. The van der Waals surface area contributed by atoms with E-state index >= 15 is 0 Å². The van der Waals surface area contributed by atoms with E-state index in [4.69, 9.17) is 5.11 Å². The zero-order valence-corrected chi connectivity index (χ0v) is 11.7. The van der Waals surface area contributed by atoms with Crippen LogP contribution >= 0.6 is 0 Å². The lowest BCUT2D eigenvalue weighted by Gasteiger charge is -2.19. The number of nitrogens with zero attached hydrogens (tertiary/aromatic N) is 2. The summed E-state index contributed by atoms with van der Waals surface area (Å²) in [6.45, 7) is 6.33. The summed E-state index contributed by atoms with van der Waals surface area (Å²) in [5, 5.41) is 15.5. The van der Waals surface area contributed by atoms with Gasteiger partial charge < -0.3 is 15.7 Å². The summed E-state index contributed by atoms with van der Waals surface area (Å²) in [6, 6.07) is 0.248. The molecule has 0 aromatic carbocycles. The Labute approximate surface area is 109 Å². The van der Waals surface area contributed by atoms with Crippen molar-refractivity contribution in [1.82, 2.24) is 9.97 Å². The second-order valence-corrected chi connectivity index (χ2v) is 4.33. The molecule has 5 heteroatoms. The molecule has 0 spiro atoms. The number of anilines is 2. The van der Waals surface area contributed by atoms with Gasteiger partial charge in [0.1, 0.15) is 17.5 Å². The van der Waals surface area contributed by atoms with E-state index in [-0.39, 0.29) is 12.6 Å². The molecule has 0 saturated heterocycles. The molecule has 0 radical (unpaired) electrons. The molecule has 18 heavy (non-hydrogen) atoms. The second-order valence-electron chi connectivity index (χ2n) is 4.33. The molecule has 0 fully saturated rings. The molecule has 0 saturated carbocycles. The predicted molar refractivity (Wildman–Crippen MR) is 75.1 cm³/mol. The molecular weight excluding hydrogens is 228 g/mol. The van der Waals surface area contributed by atoms with Crippen molar-refractivity contribution in [2.24, 2.45) is 0 Å². The third-order valence-corrected chi connectivity index (χ3v) is 3.06. The van der Waals surface area contributed by atoms with Gasteiger partial charge in [-0.25, -0.2) is 9.97 Å². The van der Waals surface area contributed by atoms with Crippen molar-refractivity contribution in [1.29, 1.82) is 0 Å². The van der Waals surface area contributed by atoms with Gasteiger partial charge in [-0.1, -0.05) is 13.8 Å². The molecule has 0 aliphatic heterocycles. The average Bonchev–Trinajstić information content (AvgIpc) is 2.40. The highest BCUT2D eigenvalue weighted by atomic mass is 16.3. The fourth-order valence-electron chi connectivity index (χ4n) is 1.83. The first kappa shape index (κ1) is 14.7. The zero-order chi connectivity index (χ0) is 13.5. The largest absolute Gasteiger partial charge is 0.396 e. The van der Waals surface area contributed by atoms with E-state index in [0.717, 1.165) is 42.3 Å². The summed E-state index contributed by atoms with van der Waals surface area (Å²) in [5.41, 5.74) is 1.02. The van der Waals surface area contributed by atoms with Crippen LogP contribution in [-0.4, -0.2) is 34.8 Å². The zero-order valence-electron chi connectivity index (χ0n) is 11.7. The van der Waals surface area contributed by atoms with Crippen molar-refractivity contribution >= 4 is 11.6 Å². The lowest BCUT2D eigenvalue weighted by molar-refractivity contribution is 0.278. The van der Waals surface area contributed by atoms with Crippen molar-refractivity contribution in [3.63, 3.8) is 0 Å². The predicted octanol–water partition coefficient (Wildman–Crippen LogP) is 1.96. The highest BCUT2D eigenvalue weighted by Gasteiger charge is 2.12. The first-order valence-corrected chi connectivity index (χ1v) is 6.58. The molecule has 1 atom stereocenters. The van der Waals surface area contributed by atoms with Gasteiger partial charge in [0.2, 0.25) is 0 Å². The molecule has 1 unspecified atom stereocenters. The van der Waals surface area contributed by atoms with Gasteiger partial charge in [-0.2, -0.15) is 0 Å². The molecule has 1 heterocycles. The third kappa shape index (κ3) is 3.57. The maximum Gasteiger partial charge on any atom is 0.134 e. The number of hydrogen-bond donors (Lipinski definition) is 3. The molecule has 102 valence electrons. The van der Waals surface area contributed by atoms with E-state index in [9.17, 15) is 0 Å². The van der Waals surface area contributed by atoms with Crippen molar-refractivity contribution in [2.75, 3.05) is 24.3 Å². The van der Waals surface area contributed by atoms with Crippen LogP contribution in [0.25, 0.3) is 0 Å². The second kappa shape index (κ2) is 7.16. The van der Waals surface area contributed by atoms with Crippen LogP contribution in [0.2, 0.25) is 0 Å². The van der Waals surface area contributed by atoms with E-state index in [1.165, 1.54) is 0 Å². The molecule has 0 aliphatic carbocycles. The summed E-state index contributed by atoms with van der Waals surface area (Å²) in [4.78, 5) is 8.96. The Hall–Kier alpha value is -1.36. The quantitative estimate of drug-likeness (QED) is 0.692. The standard InChI is InChI=1S/C13H24N4O/c1-5-10(7-8-18)15-13-9(3)12(14-4)16-11(6-2)17-13/h10,18H,5-8H2,1-4H3,(H2,14,15,16,17). The van der Waals surface area contributed by atoms with Crippen LogP contribution in [0.1, 0.15) is 38.1 Å². The minimum Gasteiger partial charge on any atom is -0.396 e. The Morgan fingerprint density at radius 2 is 1.89 bits per heavy atom. The normalized spacial score (nSPS) is 12.3. The molecule has 3 N–H and O–H groups in total. The Bertz CT molecular complexity index is 381. The fourth-order valence-corrected chi connectivity index (χ4v) is 1.83. The highest BCUT2D eigenvalue weighted by molar-refractivity contribution is 5.57. The van der Waals surface area contributed by atoms with Crippen molar-refractivity contribution in [2.45, 2.75) is 46.1 Å². The van der Waals surface area contributed by atoms with Crippen molar-refractivity contribution in [3.8, 4) is 0 Å². The summed E-state index contributed by atoms with van der Waals surface area (Å²) in [5.74, 6) is 2.56. The third-order valence-electron chi connectivity index (χ3n) is 3.06. The van der Waals surface area contributed by atoms with Crippen molar-refractivity contribution in [3.05, 3.63) is 11.4 Å². The number of aromatic nitrogens is 2. The fraction of sp³-hybridized carbons (Fsp3) is 0.692. The van der Waals surface area contributed by atoms with E-state index in [1.54, 1.807) is 0 Å². The Morgan fingerprint density at radius 1 is 1.22 bits per heavy atom. The van der Waals surface area contributed by atoms with Crippen LogP contribution < -0.4 is 10.6 Å². The monoisotopic (exact) mass is 252 g/mol. The molecular formula is C13H24N4O. The minimum atomic E-state index is 0.190. The Morgan fingerprint density at radius 3 is 2.39 bits per heavy atom. The average molecular weight is 252 g/mol. The van der Waals surface area contributed by atoms with Gasteiger partial charge in [-0.3, -0.25) is 0 Å². The number of aliphatic hydroxyl groups excluding tert-OH is 1. The van der Waals surface area contributed by atoms with Crippen LogP contribution in [0, 0.1) is 6.92 Å². The van der Waals surface area contributed by atoms with Crippen LogP contribution in [-0.2, 0) is 6.42 Å². The van der Waals surface area contributed by atoms with Gasteiger partial charge in [0.05, 0.1) is 0 Å². The molecule has 0 amide bonds. The van der Waals surface area contributed by atoms with E-state index in [1.807, 2.05) is 20.9 Å². The van der Waals surface area contributed by atoms with Crippen LogP contribution in [0.15, 0.2) is 0 Å². The minimum absolute atomic E-state index is 0.190. The highest BCUT2D eigenvalue weighted by Crippen LogP contribution is 2.21. The lowest BCUT2D eigenvalue weighted by Crippen LogP contribution is -2.22. The summed E-state index contributed by atoms with van der Waals surface area (Å²) >= 11 is 0. The SMILES string of the molecule is CCc1nc(NC)c(C)c(NC(CC)CCO)n1. The topological polar surface area (TPSA) is 70.1 Å². The number of rotatable bonds is 7. The van der Waals surface area contributed by atoms with E-state index in [2.05, 4.69) is 27.5 Å². The summed E-state index contributed by atoms with van der Waals surface area (Å²) < 4.78 is 0. The Kier molecular flexibility index (Phi) is 5.85. The van der Waals surface area contributed by atoms with Gasteiger partial charge in [0.15, 0.2) is 0 Å². The first-order chi connectivity index (χ1) is 8.65. The number of hydrogen-bond acceptors (Lipinski definition) is 5. The first-order valence-electron chi connectivity index (χ1n) is 6.58. The maximum atomic E-state index is 9.03. The van der Waals surface area contributed by atoms with Crippen LogP contribution in [0.4, 0.5) is 11.6 Å². The Balaban J connectivity index is 2.98. The van der Waals surface area contributed by atoms with Gasteiger partial charge in [-0.15, -0.1) is 0 Å². The van der Waals surface area contributed by atoms with Gasteiger partial charge in [0.25, 0.3) is 0 Å². The van der Waals surface area contributed by atoms with Crippen molar-refractivity contribution < 1.29 is 5.11 Å². The van der Waals surface area contributed by atoms with Gasteiger partial charge in [0, 0.05) is 31.7 Å². The van der Waals surface area contributed by atoms with Crippen LogP contribution in [0.5, 0.6) is 0 Å². The van der Waals surface area contributed by atoms with E-state index < -0.39 is 0 Å². The van der Waals surface area contributed by atoms with Gasteiger partial charge >= 0.3 is 0 Å². The summed E-state index contributed by atoms with van der Waals surface area (Å²) in [6.07, 6.45) is 2.50. The number of aliphatic hydroxyl groups is 1. The lowest BCUT2D eigenvalue weighted by atomic mass is 10.1. The smallest absolute Gasteiger partial charge is 0.134 e. The van der Waals surface area contributed by atoms with E-state index in [0.29, 0.717) is 0 Å². The number of aryl methyl sites for hydroxylation is 1. The van der Waals surface area contributed by atoms with Gasteiger partial charge in [-0.05, 0) is 19.8 Å². The van der Waals surface area contributed by atoms with Crippen LogP contribution in [0.3, 0.4) is 0 Å². The molecule has 1 rings (SSSR count). The molecule has 1 aromatic rings. The molecule has 1 aromatic heterocycles. The molecule has 0 aliphatic rings. The maximum absolute atomic E-state index is 9.03. The molecule has 5 nitrogen and oxygen atoms in total. The summed E-state index contributed by atoms with van der Waals surface area (Å²) in [7, 11) is 1.86. The number of nitrogens with one attached hydrogen (secondary N) is 2.